The zero-order valence-corrected chi connectivity index (χ0v) is 13.1. The second kappa shape index (κ2) is 5.62. The van der Waals surface area contributed by atoms with Crippen LogP contribution in [-0.2, 0) is 14.3 Å². The molecule has 0 aromatic rings. The topological polar surface area (TPSA) is 73.6 Å². The van der Waals surface area contributed by atoms with E-state index in [0.29, 0.717) is 13.0 Å². The molecular formula is C15H28N2O3. The molecule has 116 valence electrons. The number of hydrogen-bond acceptors (Lipinski definition) is 4. The Morgan fingerprint density at radius 3 is 2.75 bits per heavy atom. The Kier molecular flexibility index (Phi) is 4.42. The number of amides is 1. The van der Waals surface area contributed by atoms with Crippen LogP contribution in [0.15, 0.2) is 0 Å². The van der Waals surface area contributed by atoms with Gasteiger partial charge in [0.05, 0.1) is 18.2 Å². The minimum absolute atomic E-state index is 0.00682. The van der Waals surface area contributed by atoms with Crippen molar-refractivity contribution in [1.82, 2.24) is 5.32 Å². The van der Waals surface area contributed by atoms with Crippen molar-refractivity contribution in [3.05, 3.63) is 0 Å². The maximum atomic E-state index is 12.5. The predicted molar refractivity (Wildman–Crippen MR) is 77.3 cm³/mol. The van der Waals surface area contributed by atoms with Gasteiger partial charge in [-0.25, -0.2) is 0 Å². The van der Waals surface area contributed by atoms with Gasteiger partial charge in [0.2, 0.25) is 5.91 Å². The lowest BCUT2D eigenvalue weighted by atomic mass is 9.54. The Morgan fingerprint density at radius 1 is 1.55 bits per heavy atom. The van der Waals surface area contributed by atoms with Gasteiger partial charge in [-0.3, -0.25) is 4.79 Å². The molecule has 3 N–H and O–H groups in total. The molecule has 0 aromatic heterocycles. The van der Waals surface area contributed by atoms with Gasteiger partial charge in [0.1, 0.15) is 5.54 Å². The van der Waals surface area contributed by atoms with Crippen molar-refractivity contribution < 1.29 is 14.3 Å². The minimum atomic E-state index is -0.848. The summed E-state index contributed by atoms with van der Waals surface area (Å²) in [4.78, 5) is 12.5. The van der Waals surface area contributed by atoms with Gasteiger partial charge >= 0.3 is 0 Å². The van der Waals surface area contributed by atoms with Gasteiger partial charge in [-0.2, -0.15) is 0 Å². The van der Waals surface area contributed by atoms with Crippen LogP contribution in [0.2, 0.25) is 0 Å². The van der Waals surface area contributed by atoms with E-state index >= 15 is 0 Å². The van der Waals surface area contributed by atoms with Gasteiger partial charge < -0.3 is 20.5 Å². The molecule has 1 amide bonds. The molecule has 2 rings (SSSR count). The van der Waals surface area contributed by atoms with E-state index in [2.05, 4.69) is 5.32 Å². The highest BCUT2D eigenvalue weighted by molar-refractivity contribution is 5.89. The number of carbonyl (C=O) groups excluding carboxylic acids is 1. The molecule has 5 heteroatoms. The molecule has 1 aliphatic carbocycles. The summed E-state index contributed by atoms with van der Waals surface area (Å²) < 4.78 is 11.3. The Balaban J connectivity index is 1.95. The van der Waals surface area contributed by atoms with E-state index in [-0.39, 0.29) is 29.6 Å². The maximum Gasteiger partial charge on any atom is 0.241 e. The molecule has 2 fully saturated rings. The zero-order chi connectivity index (χ0) is 15.0. The number of nitrogens with two attached hydrogens (primary N) is 1. The summed E-state index contributed by atoms with van der Waals surface area (Å²) >= 11 is 0. The summed E-state index contributed by atoms with van der Waals surface area (Å²) in [7, 11) is 0. The molecule has 4 unspecified atom stereocenters. The second-order valence-electron chi connectivity index (χ2n) is 6.65. The number of rotatable bonds is 5. The molecule has 4 atom stereocenters. The summed E-state index contributed by atoms with van der Waals surface area (Å²) in [5.41, 5.74) is 5.17. The van der Waals surface area contributed by atoms with Crippen molar-refractivity contribution in [3.8, 4) is 0 Å². The fraction of sp³-hybridized carbons (Fsp3) is 0.933. The highest BCUT2D eigenvalue weighted by Gasteiger charge is 2.63. The van der Waals surface area contributed by atoms with E-state index < -0.39 is 5.54 Å². The quantitative estimate of drug-likeness (QED) is 0.795. The fourth-order valence-electron chi connectivity index (χ4n) is 3.25. The van der Waals surface area contributed by atoms with Crippen LogP contribution in [0.3, 0.4) is 0 Å². The van der Waals surface area contributed by atoms with Gasteiger partial charge in [-0.05, 0) is 26.7 Å². The van der Waals surface area contributed by atoms with E-state index in [1.165, 1.54) is 0 Å². The highest BCUT2D eigenvalue weighted by atomic mass is 16.5. The van der Waals surface area contributed by atoms with E-state index in [9.17, 15) is 4.79 Å². The van der Waals surface area contributed by atoms with Gasteiger partial charge in [-0.1, -0.05) is 13.8 Å². The fourth-order valence-corrected chi connectivity index (χ4v) is 3.25. The van der Waals surface area contributed by atoms with Gasteiger partial charge in [0.25, 0.3) is 0 Å². The Morgan fingerprint density at radius 2 is 2.25 bits per heavy atom. The monoisotopic (exact) mass is 284 g/mol. The van der Waals surface area contributed by atoms with Crippen LogP contribution in [0.1, 0.15) is 47.0 Å². The Labute approximate surface area is 121 Å². The summed E-state index contributed by atoms with van der Waals surface area (Å²) in [6, 6.07) is 0.00682. The van der Waals surface area contributed by atoms with Crippen molar-refractivity contribution in [2.24, 2.45) is 11.1 Å². The normalized spacial score (nSPS) is 37.2. The first-order valence-corrected chi connectivity index (χ1v) is 7.66. The van der Waals surface area contributed by atoms with Gasteiger partial charge in [-0.15, -0.1) is 0 Å². The lowest BCUT2D eigenvalue weighted by molar-refractivity contribution is -0.171. The smallest absolute Gasteiger partial charge is 0.241 e. The minimum Gasteiger partial charge on any atom is -0.378 e. The van der Waals surface area contributed by atoms with Crippen LogP contribution in [-0.4, -0.2) is 42.9 Å². The first kappa shape index (κ1) is 15.7. The van der Waals surface area contributed by atoms with Crippen LogP contribution < -0.4 is 11.1 Å². The largest absolute Gasteiger partial charge is 0.378 e. The highest BCUT2D eigenvalue weighted by Crippen LogP contribution is 2.49. The third-order valence-electron chi connectivity index (χ3n) is 5.12. The van der Waals surface area contributed by atoms with Crippen LogP contribution >= 0.6 is 0 Å². The summed E-state index contributed by atoms with van der Waals surface area (Å²) in [5, 5.41) is 3.04. The molecule has 5 nitrogen and oxygen atoms in total. The van der Waals surface area contributed by atoms with Gasteiger partial charge in [0, 0.05) is 25.0 Å². The maximum absolute atomic E-state index is 12.5. The Hall–Kier alpha value is -0.650. The van der Waals surface area contributed by atoms with Crippen molar-refractivity contribution in [1.29, 1.82) is 0 Å². The van der Waals surface area contributed by atoms with Gasteiger partial charge in [0.15, 0.2) is 0 Å². The second-order valence-corrected chi connectivity index (χ2v) is 6.65. The van der Waals surface area contributed by atoms with Crippen molar-refractivity contribution in [2.45, 2.75) is 70.7 Å². The van der Waals surface area contributed by atoms with E-state index in [1.54, 1.807) is 0 Å². The number of nitrogens with one attached hydrogen (secondary N) is 1. The third-order valence-corrected chi connectivity index (χ3v) is 5.12. The average molecular weight is 284 g/mol. The number of hydrogen-bond donors (Lipinski definition) is 2. The number of ether oxygens (including phenoxy) is 2. The molecule has 1 aliphatic heterocycles. The molecule has 0 bridgehead atoms. The standard InChI is InChI=1S/C15H28N2O3/c1-5-19-12-9-15(16,14(12,3)4)13(18)17-10(2)11-7-6-8-20-11/h10-12H,5-9,16H2,1-4H3,(H,17,18). The third kappa shape index (κ3) is 2.47. The SMILES string of the molecule is CCOC1CC(N)(C(=O)NC(C)C2CCCO2)C1(C)C. The van der Waals surface area contributed by atoms with Crippen LogP contribution in [0.4, 0.5) is 0 Å². The molecule has 0 aromatic carbocycles. The molecule has 1 heterocycles. The first-order valence-electron chi connectivity index (χ1n) is 7.66. The molecular weight excluding hydrogens is 256 g/mol. The lowest BCUT2D eigenvalue weighted by Crippen LogP contribution is -2.76. The van der Waals surface area contributed by atoms with E-state index in [4.69, 9.17) is 15.2 Å². The predicted octanol–water partition coefficient (Wildman–Crippen LogP) is 1.20. The molecule has 2 aliphatic rings. The van der Waals surface area contributed by atoms with Crippen molar-refractivity contribution in [2.75, 3.05) is 13.2 Å². The molecule has 0 spiro atoms. The van der Waals surface area contributed by atoms with Crippen molar-refractivity contribution in [3.63, 3.8) is 0 Å². The molecule has 20 heavy (non-hydrogen) atoms. The first-order chi connectivity index (χ1) is 9.33. The molecule has 1 saturated heterocycles. The molecule has 1 saturated carbocycles. The Bertz CT molecular complexity index is 366. The summed E-state index contributed by atoms with van der Waals surface area (Å²) in [6.07, 6.45) is 2.83. The lowest BCUT2D eigenvalue weighted by Gasteiger charge is -2.57. The number of carbonyl (C=O) groups is 1. The zero-order valence-electron chi connectivity index (χ0n) is 13.1. The van der Waals surface area contributed by atoms with E-state index in [0.717, 1.165) is 19.4 Å². The van der Waals surface area contributed by atoms with E-state index in [1.807, 2.05) is 27.7 Å². The average Bonchev–Trinajstić information content (AvgIpc) is 2.92. The summed E-state index contributed by atoms with van der Waals surface area (Å²) in [6.45, 7) is 9.41. The van der Waals surface area contributed by atoms with Crippen LogP contribution in [0, 0.1) is 5.41 Å². The van der Waals surface area contributed by atoms with Crippen molar-refractivity contribution >= 4 is 5.91 Å². The summed E-state index contributed by atoms with van der Waals surface area (Å²) in [5.74, 6) is -0.0820. The molecule has 0 radical (unpaired) electrons. The van der Waals surface area contributed by atoms with Crippen LogP contribution in [0.25, 0.3) is 0 Å². The van der Waals surface area contributed by atoms with Crippen LogP contribution in [0.5, 0.6) is 0 Å².